The van der Waals surface area contributed by atoms with Crippen molar-refractivity contribution in [1.82, 2.24) is 24.8 Å². The summed E-state index contributed by atoms with van der Waals surface area (Å²) in [6, 6.07) is 6.40. The topological polar surface area (TPSA) is 66.8 Å². The standard InChI is InChI=1S/C17H18N6S/c1-3-15(23(8-1)10-14-11-24-12-21-14)13-4-7-18-16(9-13)22-17-19-5-2-6-20-17/h2,4-7,9,11-12,15H,1,3,8,10H2,(H,18,19,20,22)/t15-/m0/s1. The monoisotopic (exact) mass is 338 g/mol. The van der Waals surface area contributed by atoms with Crippen LogP contribution in [0, 0.1) is 0 Å². The van der Waals surface area contributed by atoms with E-state index in [2.05, 4.69) is 47.7 Å². The first-order valence-electron chi connectivity index (χ1n) is 7.99. The molecule has 4 rings (SSSR count). The molecule has 0 amide bonds. The van der Waals surface area contributed by atoms with Gasteiger partial charge in [-0.2, -0.15) is 0 Å². The molecule has 0 spiro atoms. The van der Waals surface area contributed by atoms with Crippen LogP contribution in [0.2, 0.25) is 0 Å². The number of aromatic nitrogens is 4. The summed E-state index contributed by atoms with van der Waals surface area (Å²) in [4.78, 5) is 19.7. The molecule has 0 aromatic carbocycles. The first-order valence-corrected chi connectivity index (χ1v) is 8.94. The molecule has 4 heterocycles. The van der Waals surface area contributed by atoms with Gasteiger partial charge in [-0.05, 0) is 43.1 Å². The van der Waals surface area contributed by atoms with Crippen molar-refractivity contribution >= 4 is 23.1 Å². The van der Waals surface area contributed by atoms with Crippen LogP contribution in [-0.4, -0.2) is 31.4 Å². The van der Waals surface area contributed by atoms with Gasteiger partial charge < -0.3 is 5.32 Å². The predicted octanol–water partition coefficient (Wildman–Crippen LogP) is 3.41. The van der Waals surface area contributed by atoms with E-state index in [-0.39, 0.29) is 0 Å². The second-order valence-electron chi connectivity index (χ2n) is 5.78. The molecule has 1 atom stereocenters. The van der Waals surface area contributed by atoms with Crippen LogP contribution < -0.4 is 5.32 Å². The molecule has 7 heteroatoms. The minimum atomic E-state index is 0.409. The Morgan fingerprint density at radius 2 is 2.08 bits per heavy atom. The van der Waals surface area contributed by atoms with Crippen LogP contribution in [0.5, 0.6) is 0 Å². The number of nitrogens with one attached hydrogen (secondary N) is 1. The number of thiazole rings is 1. The van der Waals surface area contributed by atoms with E-state index < -0.39 is 0 Å². The zero-order chi connectivity index (χ0) is 16.2. The molecule has 0 aliphatic carbocycles. The van der Waals surface area contributed by atoms with Crippen molar-refractivity contribution in [3.8, 4) is 0 Å². The molecule has 1 aliphatic heterocycles. The number of nitrogens with zero attached hydrogens (tertiary/aromatic N) is 5. The molecule has 1 fully saturated rings. The van der Waals surface area contributed by atoms with Gasteiger partial charge in [0.15, 0.2) is 0 Å². The molecule has 1 aliphatic rings. The Bertz CT molecular complexity index is 777. The van der Waals surface area contributed by atoms with E-state index >= 15 is 0 Å². The predicted molar refractivity (Wildman–Crippen MR) is 94.1 cm³/mol. The minimum absolute atomic E-state index is 0.409. The Balaban J connectivity index is 1.51. The highest BCUT2D eigenvalue weighted by Gasteiger charge is 2.26. The summed E-state index contributed by atoms with van der Waals surface area (Å²) in [7, 11) is 0. The van der Waals surface area contributed by atoms with Crippen molar-refractivity contribution in [2.75, 3.05) is 11.9 Å². The van der Waals surface area contributed by atoms with Gasteiger partial charge in [-0.1, -0.05) is 0 Å². The van der Waals surface area contributed by atoms with Crippen LogP contribution in [0.25, 0.3) is 0 Å². The quantitative estimate of drug-likeness (QED) is 0.769. The molecule has 3 aromatic rings. The summed E-state index contributed by atoms with van der Waals surface area (Å²) in [5.41, 5.74) is 4.32. The average molecular weight is 338 g/mol. The number of pyridine rings is 1. The average Bonchev–Trinajstić information content (AvgIpc) is 3.28. The van der Waals surface area contributed by atoms with Gasteiger partial charge in [0.1, 0.15) is 5.82 Å². The molecule has 0 bridgehead atoms. The Morgan fingerprint density at radius 3 is 2.92 bits per heavy atom. The molecule has 122 valence electrons. The van der Waals surface area contributed by atoms with Gasteiger partial charge in [-0.25, -0.2) is 19.9 Å². The summed E-state index contributed by atoms with van der Waals surface area (Å²) in [5.74, 6) is 1.34. The number of hydrogen-bond donors (Lipinski definition) is 1. The highest BCUT2D eigenvalue weighted by atomic mass is 32.1. The first-order chi connectivity index (χ1) is 11.9. The van der Waals surface area contributed by atoms with Crippen LogP contribution >= 0.6 is 11.3 Å². The summed E-state index contributed by atoms with van der Waals surface area (Å²) >= 11 is 1.65. The molecular formula is C17H18N6S. The van der Waals surface area contributed by atoms with Crippen molar-refractivity contribution in [3.05, 3.63) is 58.9 Å². The third kappa shape index (κ3) is 3.42. The molecular weight excluding hydrogens is 320 g/mol. The fourth-order valence-corrected chi connectivity index (χ4v) is 3.67. The van der Waals surface area contributed by atoms with Gasteiger partial charge in [0.25, 0.3) is 0 Å². The first kappa shape index (κ1) is 15.2. The third-order valence-electron chi connectivity index (χ3n) is 4.19. The van der Waals surface area contributed by atoms with Crippen LogP contribution in [0.3, 0.4) is 0 Å². The highest BCUT2D eigenvalue weighted by Crippen LogP contribution is 2.33. The van der Waals surface area contributed by atoms with E-state index in [1.54, 1.807) is 29.8 Å². The number of anilines is 2. The number of hydrogen-bond acceptors (Lipinski definition) is 7. The van der Waals surface area contributed by atoms with E-state index in [9.17, 15) is 0 Å². The Kier molecular flexibility index (Phi) is 4.44. The number of likely N-dealkylation sites (tertiary alicyclic amines) is 1. The summed E-state index contributed by atoms with van der Waals surface area (Å²) < 4.78 is 0. The zero-order valence-corrected chi connectivity index (χ0v) is 14.0. The van der Waals surface area contributed by atoms with Gasteiger partial charge in [-0.15, -0.1) is 11.3 Å². The van der Waals surface area contributed by atoms with Crippen LogP contribution in [0.1, 0.15) is 30.1 Å². The lowest BCUT2D eigenvalue weighted by Crippen LogP contribution is -2.23. The van der Waals surface area contributed by atoms with E-state index in [4.69, 9.17) is 0 Å². The van der Waals surface area contributed by atoms with E-state index in [1.165, 1.54) is 12.0 Å². The van der Waals surface area contributed by atoms with E-state index in [0.29, 0.717) is 12.0 Å². The summed E-state index contributed by atoms with van der Waals surface area (Å²) in [5, 5.41) is 5.29. The lowest BCUT2D eigenvalue weighted by atomic mass is 10.1. The Labute approximate surface area is 144 Å². The maximum atomic E-state index is 4.42. The van der Waals surface area contributed by atoms with Gasteiger partial charge in [0, 0.05) is 36.6 Å². The minimum Gasteiger partial charge on any atom is -0.309 e. The molecule has 1 saturated heterocycles. The van der Waals surface area contributed by atoms with Gasteiger partial charge in [0.2, 0.25) is 5.95 Å². The van der Waals surface area contributed by atoms with Gasteiger partial charge in [-0.3, -0.25) is 4.90 Å². The van der Waals surface area contributed by atoms with E-state index in [0.717, 1.165) is 31.0 Å². The second-order valence-corrected chi connectivity index (χ2v) is 6.50. The maximum absolute atomic E-state index is 4.42. The fourth-order valence-electron chi connectivity index (χ4n) is 3.12. The molecule has 0 radical (unpaired) electrons. The molecule has 0 unspecified atom stereocenters. The lowest BCUT2D eigenvalue weighted by Gasteiger charge is -2.24. The normalized spacial score (nSPS) is 17.9. The third-order valence-corrected chi connectivity index (χ3v) is 4.82. The van der Waals surface area contributed by atoms with Gasteiger partial charge >= 0.3 is 0 Å². The maximum Gasteiger partial charge on any atom is 0.228 e. The molecule has 6 nitrogen and oxygen atoms in total. The zero-order valence-electron chi connectivity index (χ0n) is 13.2. The van der Waals surface area contributed by atoms with E-state index in [1.807, 2.05) is 11.7 Å². The smallest absolute Gasteiger partial charge is 0.228 e. The summed E-state index contributed by atoms with van der Waals surface area (Å²) in [6.45, 7) is 2.01. The summed E-state index contributed by atoms with van der Waals surface area (Å²) in [6.07, 6.45) is 7.65. The Hall–Kier alpha value is -2.38. The molecule has 1 N–H and O–H groups in total. The molecule has 3 aromatic heterocycles. The molecule has 24 heavy (non-hydrogen) atoms. The van der Waals surface area contributed by atoms with Gasteiger partial charge in [0.05, 0.1) is 11.2 Å². The highest BCUT2D eigenvalue weighted by molar-refractivity contribution is 7.07. The van der Waals surface area contributed by atoms with Crippen molar-refractivity contribution in [3.63, 3.8) is 0 Å². The largest absolute Gasteiger partial charge is 0.309 e. The van der Waals surface area contributed by atoms with Crippen molar-refractivity contribution in [1.29, 1.82) is 0 Å². The van der Waals surface area contributed by atoms with Crippen LogP contribution in [-0.2, 0) is 6.54 Å². The number of rotatable bonds is 5. The van der Waals surface area contributed by atoms with Crippen molar-refractivity contribution < 1.29 is 0 Å². The SMILES string of the molecule is c1cnc(Nc2cc([C@@H]3CCCN3Cc3cscn3)ccn2)nc1. The molecule has 0 saturated carbocycles. The van der Waals surface area contributed by atoms with Crippen LogP contribution in [0.15, 0.2) is 47.7 Å². The fraction of sp³-hybridized carbons (Fsp3) is 0.294. The Morgan fingerprint density at radius 1 is 1.17 bits per heavy atom. The van der Waals surface area contributed by atoms with Crippen LogP contribution in [0.4, 0.5) is 11.8 Å². The second kappa shape index (κ2) is 7.02. The van der Waals surface area contributed by atoms with Crippen molar-refractivity contribution in [2.24, 2.45) is 0 Å². The van der Waals surface area contributed by atoms with Crippen molar-refractivity contribution in [2.45, 2.75) is 25.4 Å². The lowest BCUT2D eigenvalue weighted by molar-refractivity contribution is 0.246.